The maximum atomic E-state index is 5.88. The van der Waals surface area contributed by atoms with E-state index in [4.69, 9.17) is 10.6 Å². The van der Waals surface area contributed by atoms with Crippen LogP contribution in [-0.4, -0.2) is 14.4 Å². The van der Waals surface area contributed by atoms with Crippen LogP contribution in [0.3, 0.4) is 0 Å². The number of ether oxygens (including phenoxy) is 1. The van der Waals surface area contributed by atoms with Gasteiger partial charge >= 0.3 is 0 Å². The monoisotopic (exact) mass is 333 g/mol. The highest BCUT2D eigenvalue weighted by Gasteiger charge is 2.11. The van der Waals surface area contributed by atoms with Crippen LogP contribution in [-0.2, 0) is 0 Å². The molecule has 1 aromatic carbocycles. The van der Waals surface area contributed by atoms with Crippen molar-refractivity contribution in [3.05, 3.63) is 46.8 Å². The summed E-state index contributed by atoms with van der Waals surface area (Å²) in [4.78, 5) is 8.54. The number of halogens is 1. The summed E-state index contributed by atoms with van der Waals surface area (Å²) in [5, 5.41) is 0. The molecule has 0 atom stereocenters. The molecule has 0 amide bonds. The molecule has 0 spiro atoms. The summed E-state index contributed by atoms with van der Waals surface area (Å²) in [5.74, 6) is 7.02. The first-order valence-electron chi connectivity index (χ1n) is 5.91. The quantitative estimate of drug-likeness (QED) is 0.569. The normalized spacial score (nSPS) is 10.8. The molecule has 0 aliphatic rings. The Hall–Kier alpha value is -2.12. The number of benzene rings is 1. The molecule has 0 saturated heterocycles. The molecule has 102 valence electrons. The number of nitrogens with zero attached hydrogens (tertiary/aromatic N) is 3. The van der Waals surface area contributed by atoms with E-state index < -0.39 is 0 Å². The molecular weight excluding hydrogens is 322 g/mol. The summed E-state index contributed by atoms with van der Waals surface area (Å²) in [6.45, 7) is 1.97. The molecule has 0 fully saturated rings. The lowest BCUT2D eigenvalue weighted by molar-refractivity contribution is 0.462. The molecule has 6 nitrogen and oxygen atoms in total. The van der Waals surface area contributed by atoms with Crippen LogP contribution >= 0.6 is 15.9 Å². The second kappa shape index (κ2) is 5.10. The molecule has 2 aromatic heterocycles. The van der Waals surface area contributed by atoms with Gasteiger partial charge in [-0.15, -0.1) is 0 Å². The maximum Gasteiger partial charge on any atom is 0.265 e. The highest BCUT2D eigenvalue weighted by Crippen LogP contribution is 2.29. The maximum absolute atomic E-state index is 5.88. The SMILES string of the molecule is Cc1ccc(Br)cc1Oc1nc(NN)cn2ccnc12. The summed E-state index contributed by atoms with van der Waals surface area (Å²) in [6, 6.07) is 5.81. The van der Waals surface area contributed by atoms with Crippen LogP contribution in [0.1, 0.15) is 5.56 Å². The fraction of sp³-hybridized carbons (Fsp3) is 0.0769. The number of hydrogen-bond donors (Lipinski definition) is 2. The second-order valence-electron chi connectivity index (χ2n) is 4.25. The first kappa shape index (κ1) is 12.9. The smallest absolute Gasteiger partial charge is 0.265 e. The molecule has 2 heterocycles. The Kier molecular flexibility index (Phi) is 3.29. The van der Waals surface area contributed by atoms with Gasteiger partial charge in [-0.25, -0.2) is 10.8 Å². The lowest BCUT2D eigenvalue weighted by Gasteiger charge is -2.10. The van der Waals surface area contributed by atoms with Crippen LogP contribution in [0.2, 0.25) is 0 Å². The molecule has 0 radical (unpaired) electrons. The third-order valence-corrected chi connectivity index (χ3v) is 3.34. The van der Waals surface area contributed by atoms with Crippen molar-refractivity contribution in [2.24, 2.45) is 5.84 Å². The molecule has 0 bridgehead atoms. The number of hydrogen-bond acceptors (Lipinski definition) is 5. The fourth-order valence-electron chi connectivity index (χ4n) is 1.83. The molecule has 3 rings (SSSR count). The Bertz CT molecular complexity index is 771. The van der Waals surface area contributed by atoms with Crippen LogP contribution in [0, 0.1) is 6.92 Å². The largest absolute Gasteiger partial charge is 0.436 e. The summed E-state index contributed by atoms with van der Waals surface area (Å²) in [5.41, 5.74) is 4.15. The Labute approximate surface area is 123 Å². The third kappa shape index (κ3) is 2.33. The number of nitrogens with one attached hydrogen (secondary N) is 1. The Morgan fingerprint density at radius 1 is 1.40 bits per heavy atom. The van der Waals surface area contributed by atoms with Crippen molar-refractivity contribution in [3.63, 3.8) is 0 Å². The lowest BCUT2D eigenvalue weighted by Crippen LogP contribution is -2.10. The van der Waals surface area contributed by atoms with Gasteiger partial charge in [0.2, 0.25) is 5.65 Å². The Morgan fingerprint density at radius 3 is 3.05 bits per heavy atom. The van der Waals surface area contributed by atoms with Gasteiger partial charge in [-0.05, 0) is 24.6 Å². The predicted octanol–water partition coefficient (Wildman–Crippen LogP) is 2.88. The minimum Gasteiger partial charge on any atom is -0.436 e. The zero-order valence-corrected chi connectivity index (χ0v) is 12.3. The van der Waals surface area contributed by atoms with Crippen molar-refractivity contribution in [1.82, 2.24) is 14.4 Å². The van der Waals surface area contributed by atoms with E-state index in [9.17, 15) is 0 Å². The number of hydrazine groups is 1. The highest BCUT2D eigenvalue weighted by atomic mass is 79.9. The van der Waals surface area contributed by atoms with Crippen LogP contribution in [0.15, 0.2) is 41.3 Å². The predicted molar refractivity (Wildman–Crippen MR) is 79.8 cm³/mol. The third-order valence-electron chi connectivity index (χ3n) is 2.85. The van der Waals surface area contributed by atoms with Gasteiger partial charge in [0, 0.05) is 16.9 Å². The number of nitrogens with two attached hydrogens (primary N) is 1. The number of imidazole rings is 1. The van der Waals surface area contributed by atoms with Crippen molar-refractivity contribution in [1.29, 1.82) is 0 Å². The number of nitrogen functional groups attached to an aromatic ring is 1. The van der Waals surface area contributed by atoms with E-state index in [1.165, 1.54) is 0 Å². The van der Waals surface area contributed by atoms with Gasteiger partial charge in [-0.3, -0.25) is 4.40 Å². The molecule has 20 heavy (non-hydrogen) atoms. The van der Waals surface area contributed by atoms with Gasteiger partial charge in [-0.2, -0.15) is 4.98 Å². The van der Waals surface area contributed by atoms with Crippen LogP contribution in [0.25, 0.3) is 5.65 Å². The molecule has 0 unspecified atom stereocenters. The van der Waals surface area contributed by atoms with E-state index in [-0.39, 0.29) is 0 Å². The second-order valence-corrected chi connectivity index (χ2v) is 5.16. The van der Waals surface area contributed by atoms with Gasteiger partial charge in [0.25, 0.3) is 5.88 Å². The van der Waals surface area contributed by atoms with Crippen LogP contribution < -0.4 is 16.0 Å². The van der Waals surface area contributed by atoms with Crippen molar-refractivity contribution < 1.29 is 4.74 Å². The summed E-state index contributed by atoms with van der Waals surface area (Å²) >= 11 is 3.43. The number of anilines is 1. The van der Waals surface area contributed by atoms with E-state index in [1.807, 2.05) is 25.1 Å². The number of aromatic nitrogens is 3. The van der Waals surface area contributed by atoms with E-state index in [1.54, 1.807) is 23.0 Å². The van der Waals surface area contributed by atoms with Crippen molar-refractivity contribution in [2.45, 2.75) is 6.92 Å². The van der Waals surface area contributed by atoms with E-state index >= 15 is 0 Å². The Morgan fingerprint density at radius 2 is 2.25 bits per heavy atom. The molecule has 7 heteroatoms. The minimum atomic E-state index is 0.395. The number of aryl methyl sites for hydroxylation is 1. The van der Waals surface area contributed by atoms with E-state index in [2.05, 4.69) is 31.3 Å². The van der Waals surface area contributed by atoms with Crippen LogP contribution in [0.4, 0.5) is 5.82 Å². The van der Waals surface area contributed by atoms with Gasteiger partial charge in [0.15, 0.2) is 5.82 Å². The summed E-state index contributed by atoms with van der Waals surface area (Å²) in [6.07, 6.45) is 5.22. The fourth-order valence-corrected chi connectivity index (χ4v) is 2.17. The van der Waals surface area contributed by atoms with E-state index in [0.29, 0.717) is 23.1 Å². The molecule has 3 aromatic rings. The van der Waals surface area contributed by atoms with E-state index in [0.717, 1.165) is 10.0 Å². The van der Waals surface area contributed by atoms with Gasteiger partial charge in [0.1, 0.15) is 5.75 Å². The highest BCUT2D eigenvalue weighted by molar-refractivity contribution is 9.10. The number of fused-ring (bicyclic) bond motifs is 1. The Balaban J connectivity index is 2.09. The standard InChI is InChI=1S/C13H12BrN5O/c1-8-2-3-9(14)6-10(8)20-13-12-16-4-5-19(12)7-11(17-13)18-15/h2-7,18H,15H2,1H3. The first-order valence-corrected chi connectivity index (χ1v) is 6.71. The lowest BCUT2D eigenvalue weighted by atomic mass is 10.2. The summed E-state index contributed by atoms with van der Waals surface area (Å²) < 4.78 is 8.62. The summed E-state index contributed by atoms with van der Waals surface area (Å²) in [7, 11) is 0. The minimum absolute atomic E-state index is 0.395. The average molecular weight is 334 g/mol. The molecule has 0 aliphatic carbocycles. The van der Waals surface area contributed by atoms with Gasteiger partial charge in [0.05, 0.1) is 6.20 Å². The average Bonchev–Trinajstić information content (AvgIpc) is 2.91. The topological polar surface area (TPSA) is 77.5 Å². The molecule has 3 N–H and O–H groups in total. The molecular formula is C13H12BrN5O. The molecule has 0 saturated carbocycles. The zero-order valence-electron chi connectivity index (χ0n) is 10.7. The van der Waals surface area contributed by atoms with Gasteiger partial charge in [-0.1, -0.05) is 22.0 Å². The van der Waals surface area contributed by atoms with Crippen molar-refractivity contribution in [2.75, 3.05) is 5.43 Å². The van der Waals surface area contributed by atoms with Gasteiger partial charge < -0.3 is 10.2 Å². The van der Waals surface area contributed by atoms with Crippen LogP contribution in [0.5, 0.6) is 11.6 Å². The zero-order chi connectivity index (χ0) is 14.1. The molecule has 0 aliphatic heterocycles. The van der Waals surface area contributed by atoms with Crippen molar-refractivity contribution in [3.8, 4) is 11.6 Å². The first-order chi connectivity index (χ1) is 9.67. The van der Waals surface area contributed by atoms with Crippen molar-refractivity contribution >= 4 is 27.4 Å². The number of rotatable bonds is 3.